The van der Waals surface area contributed by atoms with Crippen LogP contribution in [-0.2, 0) is 0 Å². The van der Waals surface area contributed by atoms with Gasteiger partial charge in [-0.25, -0.2) is 4.98 Å². The van der Waals surface area contributed by atoms with Crippen molar-refractivity contribution >= 4 is 28.4 Å². The normalized spacial score (nSPS) is 13.6. The van der Waals surface area contributed by atoms with Gasteiger partial charge in [0.05, 0.1) is 18.0 Å². The second-order valence-corrected chi connectivity index (χ2v) is 8.84. The molecule has 3 N–H and O–H groups in total. The lowest BCUT2D eigenvalue weighted by Crippen LogP contribution is -2.38. The van der Waals surface area contributed by atoms with Crippen molar-refractivity contribution in [3.8, 4) is 6.07 Å². The van der Waals surface area contributed by atoms with Crippen LogP contribution in [0.4, 0.5) is 17.5 Å². The summed E-state index contributed by atoms with van der Waals surface area (Å²) in [5.74, 6) is 1.17. The van der Waals surface area contributed by atoms with Gasteiger partial charge in [-0.1, -0.05) is 49.6 Å². The Hall–Kier alpha value is -3.37. The van der Waals surface area contributed by atoms with Crippen molar-refractivity contribution < 1.29 is 2.85 Å². The van der Waals surface area contributed by atoms with Gasteiger partial charge in [0.15, 0.2) is 0 Å². The van der Waals surface area contributed by atoms with Crippen molar-refractivity contribution in [1.29, 1.82) is 5.26 Å². The number of fused-ring (bicyclic) bond motifs is 1. The second kappa shape index (κ2) is 13.4. The van der Waals surface area contributed by atoms with Gasteiger partial charge >= 0.3 is 0 Å². The number of benzene rings is 2. The number of hydrogen-bond acceptors (Lipinski definition) is 7. The van der Waals surface area contributed by atoms with E-state index in [9.17, 15) is 0 Å². The fraction of sp³-hybridized carbons (Fsp3) is 0.444. The maximum atomic E-state index is 8.80. The molecule has 3 aromatic rings. The monoisotopic (exact) mass is 463 g/mol. The molecule has 0 atom stereocenters. The number of nitrogens with one attached hydrogen (secondary N) is 1. The molecule has 34 heavy (non-hydrogen) atoms. The molecule has 7 nitrogen and oxygen atoms in total. The zero-order valence-corrected chi connectivity index (χ0v) is 20.5. The molecule has 0 bridgehead atoms. The Bertz CT molecular complexity index is 1050. The third kappa shape index (κ3) is 7.60. The highest BCUT2D eigenvalue weighted by Crippen LogP contribution is 2.22. The molecule has 0 saturated heterocycles. The third-order valence-corrected chi connectivity index (χ3v) is 6.06. The summed E-state index contributed by atoms with van der Waals surface area (Å²) >= 11 is 0. The van der Waals surface area contributed by atoms with Crippen molar-refractivity contribution in [1.82, 2.24) is 15.3 Å². The molecule has 1 aromatic heterocycles. The summed E-state index contributed by atoms with van der Waals surface area (Å²) in [6, 6.07) is 21.2. The van der Waals surface area contributed by atoms with Crippen LogP contribution in [-0.4, -0.2) is 49.7 Å². The fourth-order valence-corrected chi connectivity index (χ4v) is 4.32. The maximum Gasteiger partial charge on any atom is 0.222 e. The summed E-state index contributed by atoms with van der Waals surface area (Å²) in [5.41, 5.74) is 7.71. The predicted octanol–water partition coefficient (Wildman–Crippen LogP) is 5.10. The molecule has 0 radical (unpaired) electrons. The van der Waals surface area contributed by atoms with E-state index in [1.165, 1.54) is 37.8 Å². The topological polar surface area (TPSA) is 94.1 Å². The molecule has 0 spiro atoms. The van der Waals surface area contributed by atoms with Gasteiger partial charge in [0.25, 0.3) is 0 Å². The van der Waals surface area contributed by atoms with E-state index in [2.05, 4.69) is 50.5 Å². The third-order valence-electron chi connectivity index (χ3n) is 6.06. The quantitative estimate of drug-likeness (QED) is 0.480. The number of nitrogens with two attached hydrogens (primary N) is 1. The minimum Gasteiger partial charge on any atom is -0.369 e. The minimum atomic E-state index is 0. The van der Waals surface area contributed by atoms with E-state index < -0.39 is 0 Å². The average Bonchev–Trinajstić information content (AvgIpc) is 2.87. The summed E-state index contributed by atoms with van der Waals surface area (Å²) in [5, 5.41) is 13.5. The summed E-state index contributed by atoms with van der Waals surface area (Å²) in [7, 11) is 3.88. The molecule has 0 amide bonds. The van der Waals surface area contributed by atoms with Crippen LogP contribution in [0, 0.1) is 11.3 Å². The number of nitrogens with zero attached hydrogens (tertiary/aromatic N) is 5. The molecule has 184 valence electrons. The van der Waals surface area contributed by atoms with E-state index in [0.717, 1.165) is 36.4 Å². The van der Waals surface area contributed by atoms with Gasteiger partial charge in [-0.05, 0) is 37.1 Å². The van der Waals surface area contributed by atoms with E-state index in [0.29, 0.717) is 18.4 Å². The summed E-state index contributed by atoms with van der Waals surface area (Å²) < 4.78 is 0. The number of rotatable bonds is 8. The van der Waals surface area contributed by atoms with Crippen LogP contribution in [0.15, 0.2) is 54.6 Å². The smallest absolute Gasteiger partial charge is 0.222 e. The van der Waals surface area contributed by atoms with Gasteiger partial charge in [-0.3, -0.25) is 0 Å². The maximum absolute atomic E-state index is 8.80. The number of hydrogen-bond donors (Lipinski definition) is 2. The SMILES string of the molecule is CN(C)c1nc(N)nc2ccccc12.N#CCCN(CCNC1CCCCC1)c1ccccc1.[HH].[HH]. The lowest BCUT2D eigenvalue weighted by Gasteiger charge is -2.27. The minimum absolute atomic E-state index is 0. The molecule has 1 aliphatic rings. The zero-order chi connectivity index (χ0) is 24.2. The molecular weight excluding hydrogens is 422 g/mol. The molecule has 1 fully saturated rings. The average molecular weight is 464 g/mol. The molecule has 0 unspecified atom stereocenters. The van der Waals surface area contributed by atoms with Crippen molar-refractivity contribution in [3.63, 3.8) is 0 Å². The van der Waals surface area contributed by atoms with Crippen LogP contribution in [0.3, 0.4) is 0 Å². The van der Waals surface area contributed by atoms with Gasteiger partial charge < -0.3 is 20.9 Å². The Morgan fingerprint density at radius 1 is 1.00 bits per heavy atom. The van der Waals surface area contributed by atoms with E-state index in [1.807, 2.05) is 49.3 Å². The summed E-state index contributed by atoms with van der Waals surface area (Å²) in [4.78, 5) is 12.6. The summed E-state index contributed by atoms with van der Waals surface area (Å²) in [6.07, 6.45) is 7.37. The highest BCUT2D eigenvalue weighted by Gasteiger charge is 2.13. The van der Waals surface area contributed by atoms with E-state index in [1.54, 1.807) is 0 Å². The fourth-order valence-electron chi connectivity index (χ4n) is 4.32. The van der Waals surface area contributed by atoms with Gasteiger partial charge in [-0.15, -0.1) is 0 Å². The standard InChI is InChI=1S/C17H25N3.C10H12N4.2H2/c18-12-7-14-20(17-10-5-2-6-11-17)15-13-19-16-8-3-1-4-9-16;1-14(2)9-7-5-3-4-6-8(7)12-10(11)13-9;;/h2,5-6,10-11,16,19H,1,3-4,7-9,13-15H2;3-6H,1-2H3,(H2,11,12,13);2*1H. The number of anilines is 3. The van der Waals surface area contributed by atoms with Crippen molar-refractivity contribution in [2.45, 2.75) is 44.6 Å². The molecule has 1 aliphatic carbocycles. The van der Waals surface area contributed by atoms with Gasteiger partial charge in [0, 0.05) is 53.7 Å². The Balaban J connectivity index is 0.000000359. The second-order valence-electron chi connectivity index (χ2n) is 8.84. The summed E-state index contributed by atoms with van der Waals surface area (Å²) in [6.45, 7) is 2.79. The Labute approximate surface area is 206 Å². The van der Waals surface area contributed by atoms with Crippen LogP contribution in [0.25, 0.3) is 10.9 Å². The van der Waals surface area contributed by atoms with Gasteiger partial charge in [0.1, 0.15) is 5.82 Å². The highest BCUT2D eigenvalue weighted by molar-refractivity contribution is 5.90. The first-order valence-electron chi connectivity index (χ1n) is 12.2. The molecule has 7 heteroatoms. The highest BCUT2D eigenvalue weighted by atomic mass is 15.2. The molecule has 1 heterocycles. The number of nitriles is 1. The first-order valence-corrected chi connectivity index (χ1v) is 12.2. The predicted molar refractivity (Wildman–Crippen MR) is 146 cm³/mol. The molecular formula is C27H41N7. The van der Waals surface area contributed by atoms with Crippen LogP contribution >= 0.6 is 0 Å². The van der Waals surface area contributed by atoms with Crippen LogP contribution in [0.5, 0.6) is 0 Å². The van der Waals surface area contributed by atoms with Gasteiger partial charge in [0.2, 0.25) is 5.95 Å². The first-order chi connectivity index (χ1) is 16.6. The Morgan fingerprint density at radius 2 is 1.71 bits per heavy atom. The van der Waals surface area contributed by atoms with Crippen molar-refractivity contribution in [2.24, 2.45) is 0 Å². The van der Waals surface area contributed by atoms with E-state index >= 15 is 0 Å². The van der Waals surface area contributed by atoms with Crippen molar-refractivity contribution in [2.75, 3.05) is 49.3 Å². The van der Waals surface area contributed by atoms with Crippen LogP contribution < -0.4 is 20.9 Å². The largest absolute Gasteiger partial charge is 0.369 e. The molecule has 0 aliphatic heterocycles. The molecule has 2 aromatic carbocycles. The first kappa shape index (κ1) is 25.3. The van der Waals surface area contributed by atoms with Crippen LogP contribution in [0.1, 0.15) is 41.4 Å². The van der Waals surface area contributed by atoms with Gasteiger partial charge in [-0.2, -0.15) is 10.2 Å². The number of nitrogen functional groups attached to an aromatic ring is 1. The molecule has 4 rings (SSSR count). The van der Waals surface area contributed by atoms with E-state index in [-0.39, 0.29) is 2.85 Å². The molecule has 1 saturated carbocycles. The van der Waals surface area contributed by atoms with E-state index in [4.69, 9.17) is 11.0 Å². The van der Waals surface area contributed by atoms with Crippen LogP contribution in [0.2, 0.25) is 0 Å². The number of para-hydroxylation sites is 2. The lowest BCUT2D eigenvalue weighted by atomic mass is 9.95. The number of aromatic nitrogens is 2. The Morgan fingerprint density at radius 3 is 2.41 bits per heavy atom. The Kier molecular flexibility index (Phi) is 9.93. The zero-order valence-electron chi connectivity index (χ0n) is 20.5. The van der Waals surface area contributed by atoms with Crippen molar-refractivity contribution in [3.05, 3.63) is 54.6 Å². The lowest BCUT2D eigenvalue weighted by molar-refractivity contribution is 0.376.